The van der Waals surface area contributed by atoms with Gasteiger partial charge in [-0.05, 0) is 19.9 Å². The van der Waals surface area contributed by atoms with E-state index in [9.17, 15) is 13.2 Å². The van der Waals surface area contributed by atoms with E-state index in [1.807, 2.05) is 47.7 Å². The summed E-state index contributed by atoms with van der Waals surface area (Å²) < 4.78 is 46.0. The van der Waals surface area contributed by atoms with Gasteiger partial charge in [0.25, 0.3) is 0 Å². The lowest BCUT2D eigenvalue weighted by atomic mass is 10.1. The van der Waals surface area contributed by atoms with Crippen molar-refractivity contribution < 1.29 is 17.6 Å². The zero-order chi connectivity index (χ0) is 20.1. The molecule has 0 saturated carbocycles. The number of aromatic nitrogens is 3. The highest BCUT2D eigenvalue weighted by Crippen LogP contribution is 2.33. The standard InChI is InChI=1S/C19H22F3N5O/c1-12-10-26(8-9-27(12)11-19(20,21)22)18-24-23-17(25(18)3)16-13(2)14-6-4-5-7-15(14)28-16/h4-7,12H,8-11H2,1-3H3. The maximum atomic E-state index is 12.7. The number of alkyl halides is 3. The summed E-state index contributed by atoms with van der Waals surface area (Å²) in [7, 11) is 1.85. The van der Waals surface area contributed by atoms with Crippen LogP contribution < -0.4 is 4.90 Å². The van der Waals surface area contributed by atoms with Crippen LogP contribution >= 0.6 is 0 Å². The second-order valence-corrected chi connectivity index (χ2v) is 7.32. The molecule has 3 aromatic rings. The Bertz CT molecular complexity index is 993. The summed E-state index contributed by atoms with van der Waals surface area (Å²) in [5, 5.41) is 9.63. The van der Waals surface area contributed by atoms with Crippen LogP contribution in [-0.2, 0) is 7.05 Å². The predicted molar refractivity (Wildman–Crippen MR) is 100 cm³/mol. The SMILES string of the molecule is Cc1c(-c2nnc(N3CCN(CC(F)(F)F)C(C)C3)n2C)oc2ccccc12. The average Bonchev–Trinajstić information content (AvgIpc) is 3.16. The molecule has 3 heterocycles. The molecule has 28 heavy (non-hydrogen) atoms. The van der Waals surface area contributed by atoms with E-state index in [1.165, 1.54) is 4.90 Å². The average molecular weight is 393 g/mol. The number of piperazine rings is 1. The highest BCUT2D eigenvalue weighted by molar-refractivity contribution is 5.86. The van der Waals surface area contributed by atoms with Gasteiger partial charge in [-0.25, -0.2) is 0 Å². The van der Waals surface area contributed by atoms with Crippen LogP contribution in [0.1, 0.15) is 12.5 Å². The minimum atomic E-state index is -4.19. The maximum Gasteiger partial charge on any atom is 0.401 e. The molecule has 0 N–H and O–H groups in total. The fourth-order valence-corrected chi connectivity index (χ4v) is 3.82. The minimum Gasteiger partial charge on any atom is -0.452 e. The van der Waals surface area contributed by atoms with Crippen LogP contribution in [0.5, 0.6) is 0 Å². The van der Waals surface area contributed by atoms with E-state index in [4.69, 9.17) is 4.42 Å². The highest BCUT2D eigenvalue weighted by Gasteiger charge is 2.36. The van der Waals surface area contributed by atoms with Gasteiger partial charge in [-0.15, -0.1) is 10.2 Å². The Labute approximate surface area is 160 Å². The van der Waals surface area contributed by atoms with E-state index < -0.39 is 12.7 Å². The summed E-state index contributed by atoms with van der Waals surface area (Å²) in [6, 6.07) is 7.54. The Kier molecular flexibility index (Phi) is 4.57. The summed E-state index contributed by atoms with van der Waals surface area (Å²) in [5.41, 5.74) is 1.77. The zero-order valence-electron chi connectivity index (χ0n) is 16.0. The molecule has 4 rings (SSSR count). The number of hydrogen-bond acceptors (Lipinski definition) is 5. The van der Waals surface area contributed by atoms with Crippen molar-refractivity contribution in [1.29, 1.82) is 0 Å². The number of anilines is 1. The third kappa shape index (κ3) is 3.34. The summed E-state index contributed by atoms with van der Waals surface area (Å²) in [6.07, 6.45) is -4.19. The van der Waals surface area contributed by atoms with Gasteiger partial charge in [-0.3, -0.25) is 9.47 Å². The molecule has 1 fully saturated rings. The second kappa shape index (κ2) is 6.80. The van der Waals surface area contributed by atoms with E-state index >= 15 is 0 Å². The van der Waals surface area contributed by atoms with Gasteiger partial charge in [0.15, 0.2) is 5.76 Å². The fraction of sp³-hybridized carbons (Fsp3) is 0.474. The molecule has 1 atom stereocenters. The van der Waals surface area contributed by atoms with Gasteiger partial charge < -0.3 is 9.32 Å². The molecule has 1 aliphatic heterocycles. The Morgan fingerprint density at radius 3 is 2.61 bits per heavy atom. The van der Waals surface area contributed by atoms with Crippen LogP contribution in [-0.4, -0.2) is 58.1 Å². The maximum absolute atomic E-state index is 12.7. The van der Waals surface area contributed by atoms with Gasteiger partial charge >= 0.3 is 6.18 Å². The molecule has 9 heteroatoms. The van der Waals surface area contributed by atoms with E-state index in [0.717, 1.165) is 16.5 Å². The topological polar surface area (TPSA) is 50.3 Å². The normalized spacial score (nSPS) is 18.9. The van der Waals surface area contributed by atoms with Crippen molar-refractivity contribution in [3.8, 4) is 11.6 Å². The number of aryl methyl sites for hydroxylation is 1. The Morgan fingerprint density at radius 2 is 1.93 bits per heavy atom. The first-order chi connectivity index (χ1) is 13.2. The first-order valence-corrected chi connectivity index (χ1v) is 9.18. The van der Waals surface area contributed by atoms with Crippen LogP contribution in [0.25, 0.3) is 22.6 Å². The smallest absolute Gasteiger partial charge is 0.401 e. The molecule has 1 saturated heterocycles. The molecule has 0 bridgehead atoms. The van der Waals surface area contributed by atoms with Crippen LogP contribution in [0.2, 0.25) is 0 Å². The minimum absolute atomic E-state index is 0.233. The van der Waals surface area contributed by atoms with E-state index in [-0.39, 0.29) is 6.04 Å². The molecule has 1 aliphatic rings. The highest BCUT2D eigenvalue weighted by atomic mass is 19.4. The molecule has 0 spiro atoms. The molecule has 150 valence electrons. The zero-order valence-corrected chi connectivity index (χ0v) is 16.0. The lowest BCUT2D eigenvalue weighted by molar-refractivity contribution is -0.150. The number of para-hydroxylation sites is 1. The number of hydrogen-bond donors (Lipinski definition) is 0. The van der Waals surface area contributed by atoms with Crippen LogP contribution in [0.3, 0.4) is 0 Å². The number of fused-ring (bicyclic) bond motifs is 1. The quantitative estimate of drug-likeness (QED) is 0.681. The third-order valence-electron chi connectivity index (χ3n) is 5.33. The van der Waals surface area contributed by atoms with Gasteiger partial charge in [-0.1, -0.05) is 18.2 Å². The third-order valence-corrected chi connectivity index (χ3v) is 5.33. The molecule has 1 unspecified atom stereocenters. The largest absolute Gasteiger partial charge is 0.452 e. The van der Waals surface area contributed by atoms with Crippen LogP contribution in [0.4, 0.5) is 19.1 Å². The second-order valence-electron chi connectivity index (χ2n) is 7.32. The van der Waals surface area contributed by atoms with E-state index in [0.29, 0.717) is 37.2 Å². The Balaban J connectivity index is 1.58. The van der Waals surface area contributed by atoms with Gasteiger partial charge in [0.2, 0.25) is 11.8 Å². The van der Waals surface area contributed by atoms with Crippen molar-refractivity contribution in [2.24, 2.45) is 7.05 Å². The van der Waals surface area contributed by atoms with Gasteiger partial charge in [0, 0.05) is 43.7 Å². The first kappa shape index (κ1) is 18.8. The van der Waals surface area contributed by atoms with E-state index in [1.54, 1.807) is 6.92 Å². The molecule has 0 radical (unpaired) electrons. The lowest BCUT2D eigenvalue weighted by Crippen LogP contribution is -2.54. The summed E-state index contributed by atoms with van der Waals surface area (Å²) >= 11 is 0. The number of rotatable bonds is 3. The molecular weight excluding hydrogens is 371 g/mol. The summed E-state index contributed by atoms with van der Waals surface area (Å²) in [5.74, 6) is 1.90. The van der Waals surface area contributed by atoms with Crippen molar-refractivity contribution in [3.05, 3.63) is 29.8 Å². The van der Waals surface area contributed by atoms with Crippen molar-refractivity contribution in [1.82, 2.24) is 19.7 Å². The summed E-state index contributed by atoms with van der Waals surface area (Å²) in [6.45, 7) is 4.15. The van der Waals surface area contributed by atoms with E-state index in [2.05, 4.69) is 10.2 Å². The molecular formula is C19H22F3N5O. The number of furan rings is 1. The number of benzene rings is 1. The fourth-order valence-electron chi connectivity index (χ4n) is 3.82. The number of halogens is 3. The molecule has 0 aliphatic carbocycles. The van der Waals surface area contributed by atoms with Crippen molar-refractivity contribution in [3.63, 3.8) is 0 Å². The van der Waals surface area contributed by atoms with Crippen LogP contribution in [0, 0.1) is 6.92 Å². The summed E-state index contributed by atoms with van der Waals surface area (Å²) in [4.78, 5) is 3.43. The van der Waals surface area contributed by atoms with Crippen molar-refractivity contribution in [2.45, 2.75) is 26.1 Å². The number of nitrogens with zero attached hydrogens (tertiary/aromatic N) is 5. The van der Waals surface area contributed by atoms with Crippen molar-refractivity contribution >= 4 is 16.9 Å². The monoisotopic (exact) mass is 393 g/mol. The lowest BCUT2D eigenvalue weighted by Gasteiger charge is -2.40. The Morgan fingerprint density at radius 1 is 1.18 bits per heavy atom. The molecule has 1 aromatic carbocycles. The van der Waals surface area contributed by atoms with Gasteiger partial charge in [0.05, 0.1) is 6.54 Å². The Hall–Kier alpha value is -2.55. The predicted octanol–water partition coefficient (Wildman–Crippen LogP) is 3.61. The first-order valence-electron chi connectivity index (χ1n) is 9.18. The molecule has 0 amide bonds. The molecule has 6 nitrogen and oxygen atoms in total. The van der Waals surface area contributed by atoms with Gasteiger partial charge in [0.1, 0.15) is 5.58 Å². The van der Waals surface area contributed by atoms with Gasteiger partial charge in [-0.2, -0.15) is 13.2 Å². The van der Waals surface area contributed by atoms with Crippen molar-refractivity contribution in [2.75, 3.05) is 31.1 Å². The molecule has 2 aromatic heterocycles. The van der Waals surface area contributed by atoms with Crippen LogP contribution in [0.15, 0.2) is 28.7 Å².